The maximum Gasteiger partial charge on any atom is 0.0994 e. The summed E-state index contributed by atoms with van der Waals surface area (Å²) in [6, 6.07) is 11.9. The highest BCUT2D eigenvalue weighted by Crippen LogP contribution is 2.12. The molecule has 0 atom stereocenters. The van der Waals surface area contributed by atoms with Gasteiger partial charge in [0.15, 0.2) is 0 Å². The molecule has 0 aliphatic heterocycles. The van der Waals surface area contributed by atoms with E-state index in [2.05, 4.69) is 6.07 Å². The lowest BCUT2D eigenvalue weighted by atomic mass is 10.1. The number of benzene rings is 1. The van der Waals surface area contributed by atoms with Crippen molar-refractivity contribution in [3.05, 3.63) is 42.0 Å². The predicted molar refractivity (Wildman–Crippen MR) is 61.7 cm³/mol. The normalized spacial score (nSPS) is 9.71. The van der Waals surface area contributed by atoms with E-state index in [9.17, 15) is 0 Å². The number of nitrogens with zero attached hydrogens (tertiary/aromatic N) is 1. The lowest BCUT2D eigenvalue weighted by Gasteiger charge is -1.95. The summed E-state index contributed by atoms with van der Waals surface area (Å²) in [5.41, 5.74) is 1.76. The number of allylic oxidation sites excluding steroid dienone is 2. The van der Waals surface area contributed by atoms with E-state index < -0.39 is 0 Å². The maximum atomic E-state index is 8.79. The first-order chi connectivity index (χ1) is 6.88. The molecule has 0 aliphatic carbocycles. The Morgan fingerprint density at radius 1 is 1.29 bits per heavy atom. The molecule has 0 heterocycles. The fourth-order valence-corrected chi connectivity index (χ4v) is 1.05. The van der Waals surface area contributed by atoms with E-state index in [0.717, 1.165) is 17.6 Å². The molecule has 1 aromatic carbocycles. The van der Waals surface area contributed by atoms with E-state index in [1.54, 1.807) is 0 Å². The first-order valence-electron chi connectivity index (χ1n) is 5.04. The monoisotopic (exact) mass is 187 g/mol. The molecular weight excluding hydrogens is 170 g/mol. The van der Waals surface area contributed by atoms with Gasteiger partial charge < -0.3 is 0 Å². The molecule has 0 spiro atoms. The van der Waals surface area contributed by atoms with Crippen LogP contribution in [0.25, 0.3) is 5.57 Å². The van der Waals surface area contributed by atoms with E-state index in [1.165, 1.54) is 0 Å². The maximum absolute atomic E-state index is 8.79. The molecule has 0 saturated carbocycles. The third kappa shape index (κ3) is 3.91. The molecule has 1 heteroatoms. The Hall–Kier alpha value is -1.55. The van der Waals surface area contributed by atoms with Crippen molar-refractivity contribution in [3.63, 3.8) is 0 Å². The first-order valence-corrected chi connectivity index (χ1v) is 5.04. The predicted octanol–water partition coefficient (Wildman–Crippen LogP) is 4.03. The van der Waals surface area contributed by atoms with Crippen molar-refractivity contribution >= 4 is 5.57 Å². The minimum absolute atomic E-state index is 0.762. The summed E-state index contributed by atoms with van der Waals surface area (Å²) in [5, 5.41) is 8.79. The van der Waals surface area contributed by atoms with E-state index in [0.29, 0.717) is 0 Å². The molecule has 0 bridgehead atoms. The number of hydrogen-bond acceptors (Lipinski definition) is 1. The number of hydrogen-bond donors (Lipinski definition) is 0. The zero-order chi connectivity index (χ0) is 10.8. The molecule has 0 fully saturated rings. The van der Waals surface area contributed by atoms with Crippen LogP contribution in [0.4, 0.5) is 0 Å². The van der Waals surface area contributed by atoms with Crippen LogP contribution in [0.3, 0.4) is 0 Å². The molecule has 1 rings (SSSR count). The lowest BCUT2D eigenvalue weighted by Crippen LogP contribution is -1.78. The van der Waals surface area contributed by atoms with E-state index >= 15 is 0 Å². The molecule has 1 aromatic rings. The standard InChI is InChI=1S/C11H11N.C2H6/c1-2-6-11(9-12)10-7-4-3-5-8-10;1-2/h3-8H,2H2,1H3;1-2H3. The minimum atomic E-state index is 0.762. The van der Waals surface area contributed by atoms with Crippen molar-refractivity contribution in [2.24, 2.45) is 0 Å². The zero-order valence-electron chi connectivity index (χ0n) is 9.12. The van der Waals surface area contributed by atoms with Crippen molar-refractivity contribution in [3.8, 4) is 6.07 Å². The highest BCUT2D eigenvalue weighted by Gasteiger charge is 1.96. The van der Waals surface area contributed by atoms with E-state index in [4.69, 9.17) is 5.26 Å². The molecule has 14 heavy (non-hydrogen) atoms. The van der Waals surface area contributed by atoms with Gasteiger partial charge in [0.05, 0.1) is 11.6 Å². The Bertz CT molecular complexity index is 304. The van der Waals surface area contributed by atoms with Crippen LogP contribution in [0.2, 0.25) is 0 Å². The average molecular weight is 187 g/mol. The quantitative estimate of drug-likeness (QED) is 0.641. The molecule has 74 valence electrons. The highest BCUT2D eigenvalue weighted by atomic mass is 14.2. The third-order valence-electron chi connectivity index (χ3n) is 1.61. The molecule has 0 unspecified atom stereocenters. The van der Waals surface area contributed by atoms with Gasteiger partial charge in [-0.1, -0.05) is 57.2 Å². The minimum Gasteiger partial charge on any atom is -0.192 e. The molecule has 0 amide bonds. The second kappa shape index (κ2) is 8.07. The van der Waals surface area contributed by atoms with Gasteiger partial charge in [-0.3, -0.25) is 0 Å². The number of nitriles is 1. The van der Waals surface area contributed by atoms with Crippen LogP contribution in [0.5, 0.6) is 0 Å². The molecule has 0 saturated heterocycles. The highest BCUT2D eigenvalue weighted by molar-refractivity contribution is 5.76. The van der Waals surface area contributed by atoms with Gasteiger partial charge in [-0.25, -0.2) is 0 Å². The fraction of sp³-hybridized carbons (Fsp3) is 0.308. The van der Waals surface area contributed by atoms with Gasteiger partial charge in [-0.2, -0.15) is 5.26 Å². The summed E-state index contributed by atoms with van der Waals surface area (Å²) < 4.78 is 0. The molecular formula is C13H17N. The Balaban J connectivity index is 0.000000791. The van der Waals surface area contributed by atoms with Crippen molar-refractivity contribution in [1.29, 1.82) is 5.26 Å². The molecule has 1 nitrogen and oxygen atoms in total. The van der Waals surface area contributed by atoms with Crippen molar-refractivity contribution < 1.29 is 0 Å². The van der Waals surface area contributed by atoms with Gasteiger partial charge >= 0.3 is 0 Å². The zero-order valence-corrected chi connectivity index (χ0v) is 9.12. The van der Waals surface area contributed by atoms with Crippen molar-refractivity contribution in [2.45, 2.75) is 27.2 Å². The second-order valence-electron chi connectivity index (χ2n) is 2.50. The van der Waals surface area contributed by atoms with Gasteiger partial charge in [0, 0.05) is 0 Å². The average Bonchev–Trinajstić information content (AvgIpc) is 2.30. The van der Waals surface area contributed by atoms with Crippen LogP contribution in [0.1, 0.15) is 32.8 Å². The first kappa shape index (κ1) is 12.4. The Labute approximate surface area is 86.7 Å². The smallest absolute Gasteiger partial charge is 0.0994 e. The fourth-order valence-electron chi connectivity index (χ4n) is 1.05. The summed E-state index contributed by atoms with van der Waals surface area (Å²) in [6.07, 6.45) is 2.84. The SMILES string of the molecule is CC.CCC=C(C#N)c1ccccc1. The Kier molecular flexibility index (Phi) is 7.17. The summed E-state index contributed by atoms with van der Waals surface area (Å²) in [5.74, 6) is 0. The molecule has 0 N–H and O–H groups in total. The van der Waals surface area contributed by atoms with E-state index in [1.807, 2.05) is 57.2 Å². The summed E-state index contributed by atoms with van der Waals surface area (Å²) in [7, 11) is 0. The summed E-state index contributed by atoms with van der Waals surface area (Å²) in [4.78, 5) is 0. The van der Waals surface area contributed by atoms with Crippen LogP contribution in [0, 0.1) is 11.3 Å². The topological polar surface area (TPSA) is 23.8 Å². The van der Waals surface area contributed by atoms with Crippen molar-refractivity contribution in [1.82, 2.24) is 0 Å². The molecule has 0 aliphatic rings. The largest absolute Gasteiger partial charge is 0.192 e. The van der Waals surface area contributed by atoms with E-state index in [-0.39, 0.29) is 0 Å². The van der Waals surface area contributed by atoms with Gasteiger partial charge in [-0.05, 0) is 12.0 Å². The van der Waals surface area contributed by atoms with Gasteiger partial charge in [0.1, 0.15) is 0 Å². The van der Waals surface area contributed by atoms with Gasteiger partial charge in [0.25, 0.3) is 0 Å². The van der Waals surface area contributed by atoms with Gasteiger partial charge in [0.2, 0.25) is 0 Å². The van der Waals surface area contributed by atoms with Crippen molar-refractivity contribution in [2.75, 3.05) is 0 Å². The van der Waals surface area contributed by atoms with Gasteiger partial charge in [-0.15, -0.1) is 0 Å². The summed E-state index contributed by atoms with van der Waals surface area (Å²) in [6.45, 7) is 6.03. The molecule has 0 radical (unpaired) electrons. The Morgan fingerprint density at radius 3 is 2.29 bits per heavy atom. The van der Waals surface area contributed by atoms with Crippen LogP contribution >= 0.6 is 0 Å². The lowest BCUT2D eigenvalue weighted by molar-refractivity contribution is 1.23. The molecule has 0 aromatic heterocycles. The van der Waals surface area contributed by atoms with Crippen LogP contribution in [0.15, 0.2) is 36.4 Å². The Morgan fingerprint density at radius 2 is 1.86 bits per heavy atom. The number of rotatable bonds is 2. The second-order valence-corrected chi connectivity index (χ2v) is 2.50. The summed E-state index contributed by atoms with van der Waals surface area (Å²) >= 11 is 0. The van der Waals surface area contributed by atoms with Crippen LogP contribution in [-0.4, -0.2) is 0 Å². The third-order valence-corrected chi connectivity index (χ3v) is 1.61. The van der Waals surface area contributed by atoms with Crippen LogP contribution < -0.4 is 0 Å². The van der Waals surface area contributed by atoms with Crippen LogP contribution in [-0.2, 0) is 0 Å².